The predicted molar refractivity (Wildman–Crippen MR) is 61.3 cm³/mol. The van der Waals surface area contributed by atoms with Gasteiger partial charge >= 0.3 is 0 Å². The molecule has 1 N–H and O–H groups in total. The SMILES string of the molecule is CNc1nc(N(C)C)c2ccsc2n1. The third kappa shape index (κ3) is 1.39. The number of thiophene rings is 1. The van der Waals surface area contributed by atoms with Crippen molar-refractivity contribution in [3.05, 3.63) is 11.4 Å². The van der Waals surface area contributed by atoms with Crippen LogP contribution in [0.2, 0.25) is 0 Å². The van der Waals surface area contributed by atoms with Crippen LogP contribution in [-0.2, 0) is 0 Å². The van der Waals surface area contributed by atoms with Crippen LogP contribution in [-0.4, -0.2) is 31.1 Å². The molecule has 0 radical (unpaired) electrons. The Hall–Kier alpha value is -1.36. The lowest BCUT2D eigenvalue weighted by Gasteiger charge is -2.13. The summed E-state index contributed by atoms with van der Waals surface area (Å²) >= 11 is 1.63. The Kier molecular flexibility index (Phi) is 2.25. The molecule has 0 amide bonds. The van der Waals surface area contributed by atoms with Crippen LogP contribution in [0.3, 0.4) is 0 Å². The van der Waals surface area contributed by atoms with Crippen LogP contribution in [0.1, 0.15) is 0 Å². The van der Waals surface area contributed by atoms with Crippen molar-refractivity contribution in [2.24, 2.45) is 0 Å². The summed E-state index contributed by atoms with van der Waals surface area (Å²) in [4.78, 5) is 11.8. The molecule has 5 heteroatoms. The summed E-state index contributed by atoms with van der Waals surface area (Å²) in [6.45, 7) is 0. The first-order valence-corrected chi connectivity index (χ1v) is 5.20. The molecule has 74 valence electrons. The van der Waals surface area contributed by atoms with Gasteiger partial charge in [-0.2, -0.15) is 4.98 Å². The van der Waals surface area contributed by atoms with Gasteiger partial charge in [-0.25, -0.2) is 4.98 Å². The van der Waals surface area contributed by atoms with Gasteiger partial charge < -0.3 is 10.2 Å². The highest BCUT2D eigenvalue weighted by atomic mass is 32.1. The van der Waals surface area contributed by atoms with Gasteiger partial charge in [-0.05, 0) is 11.4 Å². The fraction of sp³-hybridized carbons (Fsp3) is 0.333. The quantitative estimate of drug-likeness (QED) is 0.817. The molecule has 0 unspecified atom stereocenters. The average Bonchev–Trinajstić information content (AvgIpc) is 2.63. The Balaban J connectivity index is 2.70. The van der Waals surface area contributed by atoms with Crippen molar-refractivity contribution >= 4 is 33.3 Å². The Morgan fingerprint density at radius 1 is 1.36 bits per heavy atom. The molecule has 0 aliphatic carbocycles. The fourth-order valence-corrected chi connectivity index (χ4v) is 2.05. The molecule has 14 heavy (non-hydrogen) atoms. The predicted octanol–water partition coefficient (Wildman–Crippen LogP) is 1.80. The zero-order chi connectivity index (χ0) is 10.1. The van der Waals surface area contributed by atoms with Crippen LogP contribution >= 0.6 is 11.3 Å². The van der Waals surface area contributed by atoms with Gasteiger partial charge in [-0.1, -0.05) is 0 Å². The van der Waals surface area contributed by atoms with Crippen LogP contribution in [0.25, 0.3) is 10.2 Å². The fourth-order valence-electron chi connectivity index (χ4n) is 1.29. The number of fused-ring (bicyclic) bond motifs is 1. The van der Waals surface area contributed by atoms with Crippen molar-refractivity contribution in [2.45, 2.75) is 0 Å². The first-order valence-electron chi connectivity index (χ1n) is 4.32. The van der Waals surface area contributed by atoms with Gasteiger partial charge in [0.1, 0.15) is 10.6 Å². The number of aromatic nitrogens is 2. The topological polar surface area (TPSA) is 41.1 Å². The van der Waals surface area contributed by atoms with Crippen molar-refractivity contribution in [1.82, 2.24) is 9.97 Å². The monoisotopic (exact) mass is 208 g/mol. The van der Waals surface area contributed by atoms with E-state index in [1.165, 1.54) is 0 Å². The van der Waals surface area contributed by atoms with Crippen molar-refractivity contribution < 1.29 is 0 Å². The lowest BCUT2D eigenvalue weighted by Crippen LogP contribution is -2.12. The lowest BCUT2D eigenvalue weighted by atomic mass is 10.3. The molecule has 2 rings (SSSR count). The van der Waals surface area contributed by atoms with E-state index in [1.54, 1.807) is 11.3 Å². The molecule has 0 aliphatic rings. The largest absolute Gasteiger partial charge is 0.362 e. The van der Waals surface area contributed by atoms with Crippen molar-refractivity contribution in [1.29, 1.82) is 0 Å². The van der Waals surface area contributed by atoms with Crippen molar-refractivity contribution in [2.75, 3.05) is 31.4 Å². The minimum atomic E-state index is 0.670. The summed E-state index contributed by atoms with van der Waals surface area (Å²) in [5.74, 6) is 1.63. The van der Waals surface area contributed by atoms with Crippen LogP contribution < -0.4 is 10.2 Å². The summed E-state index contributed by atoms with van der Waals surface area (Å²) in [5.41, 5.74) is 0. The van der Waals surface area contributed by atoms with Gasteiger partial charge in [0.15, 0.2) is 0 Å². The van der Waals surface area contributed by atoms with Gasteiger partial charge in [0.25, 0.3) is 0 Å². The molecule has 0 saturated heterocycles. The molecule has 2 aromatic rings. The smallest absolute Gasteiger partial charge is 0.225 e. The van der Waals surface area contributed by atoms with Crippen LogP contribution in [0, 0.1) is 0 Å². The maximum atomic E-state index is 4.40. The number of hydrogen-bond donors (Lipinski definition) is 1. The van der Waals surface area contributed by atoms with Crippen molar-refractivity contribution in [3.8, 4) is 0 Å². The zero-order valence-electron chi connectivity index (χ0n) is 8.40. The van der Waals surface area contributed by atoms with Crippen molar-refractivity contribution in [3.63, 3.8) is 0 Å². The molecule has 0 atom stereocenters. The number of nitrogens with zero attached hydrogens (tertiary/aromatic N) is 3. The number of anilines is 2. The van der Waals surface area contributed by atoms with Crippen LogP contribution in [0.5, 0.6) is 0 Å². The Bertz CT molecular complexity index is 449. The van der Waals surface area contributed by atoms with E-state index in [9.17, 15) is 0 Å². The summed E-state index contributed by atoms with van der Waals surface area (Å²) in [7, 11) is 5.80. The highest BCUT2D eigenvalue weighted by Crippen LogP contribution is 2.27. The summed E-state index contributed by atoms with van der Waals surface area (Å²) in [5, 5.41) is 6.11. The molecular weight excluding hydrogens is 196 g/mol. The van der Waals surface area contributed by atoms with Gasteiger partial charge in [0.05, 0.1) is 5.39 Å². The second kappa shape index (κ2) is 3.42. The minimum absolute atomic E-state index is 0.670. The van der Waals surface area contributed by atoms with E-state index >= 15 is 0 Å². The highest BCUT2D eigenvalue weighted by molar-refractivity contribution is 7.16. The summed E-state index contributed by atoms with van der Waals surface area (Å²) < 4.78 is 0. The second-order valence-corrected chi connectivity index (χ2v) is 4.05. The molecule has 2 heterocycles. The highest BCUT2D eigenvalue weighted by Gasteiger charge is 2.08. The molecule has 0 aromatic carbocycles. The average molecular weight is 208 g/mol. The van der Waals surface area contributed by atoms with E-state index in [1.807, 2.05) is 31.4 Å². The van der Waals surface area contributed by atoms with E-state index in [4.69, 9.17) is 0 Å². The molecule has 2 aromatic heterocycles. The zero-order valence-corrected chi connectivity index (χ0v) is 9.22. The normalized spacial score (nSPS) is 10.5. The number of rotatable bonds is 2. The maximum absolute atomic E-state index is 4.40. The molecule has 0 spiro atoms. The molecule has 4 nitrogen and oxygen atoms in total. The lowest BCUT2D eigenvalue weighted by molar-refractivity contribution is 1.06. The molecule has 0 aliphatic heterocycles. The van der Waals surface area contributed by atoms with Crippen LogP contribution in [0.15, 0.2) is 11.4 Å². The van der Waals surface area contributed by atoms with E-state index in [-0.39, 0.29) is 0 Å². The number of nitrogens with one attached hydrogen (secondary N) is 1. The molecular formula is C9H12N4S. The van der Waals surface area contributed by atoms with E-state index < -0.39 is 0 Å². The Morgan fingerprint density at radius 2 is 2.14 bits per heavy atom. The van der Waals surface area contributed by atoms with Gasteiger partial charge in [-0.15, -0.1) is 11.3 Å². The first-order chi connectivity index (χ1) is 6.72. The third-order valence-corrected chi connectivity index (χ3v) is 2.76. The second-order valence-electron chi connectivity index (χ2n) is 3.15. The molecule has 0 fully saturated rings. The van der Waals surface area contributed by atoms with Crippen LogP contribution in [0.4, 0.5) is 11.8 Å². The summed E-state index contributed by atoms with van der Waals surface area (Å²) in [6.07, 6.45) is 0. The first kappa shape index (κ1) is 9.21. The Morgan fingerprint density at radius 3 is 2.79 bits per heavy atom. The summed E-state index contributed by atoms with van der Waals surface area (Å²) in [6, 6.07) is 2.05. The van der Waals surface area contributed by atoms with Gasteiger partial charge in [-0.3, -0.25) is 0 Å². The minimum Gasteiger partial charge on any atom is -0.362 e. The number of hydrogen-bond acceptors (Lipinski definition) is 5. The Labute approximate surface area is 86.6 Å². The van der Waals surface area contributed by atoms with E-state index in [2.05, 4.69) is 21.4 Å². The van der Waals surface area contributed by atoms with E-state index in [0.717, 1.165) is 16.0 Å². The van der Waals surface area contributed by atoms with Gasteiger partial charge in [0, 0.05) is 21.1 Å². The maximum Gasteiger partial charge on any atom is 0.225 e. The third-order valence-electron chi connectivity index (χ3n) is 1.95. The van der Waals surface area contributed by atoms with Gasteiger partial charge in [0.2, 0.25) is 5.95 Å². The standard InChI is InChI=1S/C9H12N4S/c1-10-9-11-7(13(2)3)6-4-5-14-8(6)12-9/h4-5H,1-3H3,(H,10,11,12). The van der Waals surface area contributed by atoms with E-state index in [0.29, 0.717) is 5.95 Å². The molecule has 0 saturated carbocycles. The molecule has 0 bridgehead atoms.